The Labute approximate surface area is 189 Å². The molecule has 5 nitrogen and oxygen atoms in total. The van der Waals surface area contributed by atoms with Crippen LogP contribution in [0.25, 0.3) is 21.9 Å². The number of benzene rings is 4. The van der Waals surface area contributed by atoms with Crippen molar-refractivity contribution in [3.63, 3.8) is 0 Å². The lowest BCUT2D eigenvalue weighted by molar-refractivity contribution is 0.0767. The molecule has 0 aliphatic carbocycles. The fourth-order valence-electron chi connectivity index (χ4n) is 4.65. The molecule has 0 radical (unpaired) electrons. The monoisotopic (exact) mass is 441 g/mol. The van der Waals surface area contributed by atoms with Gasteiger partial charge >= 0.3 is 0 Å². The Balaban J connectivity index is 1.48. The van der Waals surface area contributed by atoms with Crippen LogP contribution >= 0.6 is 0 Å². The van der Waals surface area contributed by atoms with E-state index >= 15 is 0 Å². The van der Waals surface area contributed by atoms with Crippen LogP contribution in [0.2, 0.25) is 0 Å². The SMILES string of the molecule is COc1ccc(CN2Cc3cc4cc5c(cc4c(-c4ccc(F)cc4)c3C2=O)OCO5)cc1. The van der Waals surface area contributed by atoms with Gasteiger partial charge in [0.15, 0.2) is 11.5 Å². The van der Waals surface area contributed by atoms with E-state index in [9.17, 15) is 9.18 Å². The second kappa shape index (κ2) is 7.52. The van der Waals surface area contributed by atoms with Crippen LogP contribution in [0.5, 0.6) is 17.2 Å². The highest BCUT2D eigenvalue weighted by molar-refractivity contribution is 6.13. The molecule has 2 heterocycles. The highest BCUT2D eigenvalue weighted by atomic mass is 19.1. The Morgan fingerprint density at radius 1 is 0.939 bits per heavy atom. The number of carbonyl (C=O) groups excluding carboxylic acids is 1. The zero-order valence-corrected chi connectivity index (χ0v) is 17.9. The Morgan fingerprint density at radius 3 is 2.39 bits per heavy atom. The minimum Gasteiger partial charge on any atom is -0.497 e. The smallest absolute Gasteiger partial charge is 0.255 e. The van der Waals surface area contributed by atoms with Gasteiger partial charge in [-0.25, -0.2) is 4.39 Å². The first-order valence-electron chi connectivity index (χ1n) is 10.7. The van der Waals surface area contributed by atoms with Gasteiger partial charge in [-0.05, 0) is 69.9 Å². The van der Waals surface area contributed by atoms with Crippen molar-refractivity contribution in [3.8, 4) is 28.4 Å². The van der Waals surface area contributed by atoms with Crippen LogP contribution in [0.1, 0.15) is 21.5 Å². The molecule has 6 heteroatoms. The van der Waals surface area contributed by atoms with Gasteiger partial charge in [-0.15, -0.1) is 0 Å². The minimum atomic E-state index is -0.319. The van der Waals surface area contributed by atoms with E-state index in [1.807, 2.05) is 47.4 Å². The average molecular weight is 441 g/mol. The van der Waals surface area contributed by atoms with Gasteiger partial charge in [-0.2, -0.15) is 0 Å². The zero-order chi connectivity index (χ0) is 22.5. The van der Waals surface area contributed by atoms with E-state index in [1.54, 1.807) is 19.2 Å². The van der Waals surface area contributed by atoms with Crippen LogP contribution in [0.3, 0.4) is 0 Å². The van der Waals surface area contributed by atoms with Crippen LogP contribution in [0.15, 0.2) is 66.7 Å². The molecule has 2 aliphatic heterocycles. The van der Waals surface area contributed by atoms with Crippen molar-refractivity contribution >= 4 is 16.7 Å². The fourth-order valence-corrected chi connectivity index (χ4v) is 4.65. The highest BCUT2D eigenvalue weighted by Gasteiger charge is 2.32. The van der Waals surface area contributed by atoms with E-state index in [0.717, 1.165) is 38.8 Å². The van der Waals surface area contributed by atoms with Crippen LogP contribution in [0.4, 0.5) is 4.39 Å². The van der Waals surface area contributed by atoms with E-state index in [0.29, 0.717) is 30.2 Å². The predicted octanol–water partition coefficient (Wildman–Crippen LogP) is 5.54. The van der Waals surface area contributed by atoms with E-state index in [4.69, 9.17) is 14.2 Å². The second-order valence-electron chi connectivity index (χ2n) is 8.23. The van der Waals surface area contributed by atoms with Crippen molar-refractivity contribution < 1.29 is 23.4 Å². The van der Waals surface area contributed by atoms with Gasteiger partial charge in [0.25, 0.3) is 5.91 Å². The Hall–Kier alpha value is -4.06. The first-order valence-corrected chi connectivity index (χ1v) is 10.7. The number of ether oxygens (including phenoxy) is 3. The molecule has 4 aromatic carbocycles. The minimum absolute atomic E-state index is 0.0419. The van der Waals surface area contributed by atoms with Crippen molar-refractivity contribution in [2.24, 2.45) is 0 Å². The molecule has 6 rings (SSSR count). The summed E-state index contributed by atoms with van der Waals surface area (Å²) in [7, 11) is 1.63. The summed E-state index contributed by atoms with van der Waals surface area (Å²) in [6.07, 6.45) is 0. The summed E-state index contributed by atoms with van der Waals surface area (Å²) < 4.78 is 30.1. The molecular formula is C27H20FNO4. The normalized spacial score (nSPS) is 14.1. The number of amides is 1. The van der Waals surface area contributed by atoms with Crippen molar-refractivity contribution in [1.29, 1.82) is 0 Å². The third-order valence-corrected chi connectivity index (χ3v) is 6.24. The third kappa shape index (κ3) is 3.26. The Bertz CT molecular complexity index is 1400. The van der Waals surface area contributed by atoms with Crippen molar-refractivity contribution in [3.05, 3.63) is 89.2 Å². The molecule has 0 saturated heterocycles. The lowest BCUT2D eigenvalue weighted by Crippen LogP contribution is -2.23. The van der Waals surface area contributed by atoms with E-state index in [-0.39, 0.29) is 18.5 Å². The van der Waals surface area contributed by atoms with Crippen LogP contribution < -0.4 is 14.2 Å². The summed E-state index contributed by atoms with van der Waals surface area (Å²) in [6, 6.07) is 19.9. The summed E-state index contributed by atoms with van der Waals surface area (Å²) in [6.45, 7) is 1.16. The molecule has 0 saturated carbocycles. The standard InChI is InChI=1S/C27H20FNO4/c1-31-21-8-2-16(3-9-21)13-29-14-19-10-18-11-23-24(33-15-32-23)12-22(18)25(26(19)27(29)30)17-4-6-20(28)7-5-17/h2-12H,13-15H2,1H3. The second-order valence-corrected chi connectivity index (χ2v) is 8.23. The average Bonchev–Trinajstić information content (AvgIpc) is 3.41. The molecule has 1 amide bonds. The predicted molar refractivity (Wildman–Crippen MR) is 122 cm³/mol. The molecule has 0 N–H and O–H groups in total. The van der Waals surface area contributed by atoms with Gasteiger partial charge in [0.1, 0.15) is 11.6 Å². The summed E-state index contributed by atoms with van der Waals surface area (Å²) in [5.41, 5.74) is 4.20. The molecule has 33 heavy (non-hydrogen) atoms. The topological polar surface area (TPSA) is 48.0 Å². The van der Waals surface area contributed by atoms with Gasteiger partial charge < -0.3 is 19.1 Å². The molecule has 0 spiro atoms. The number of nitrogens with zero attached hydrogens (tertiary/aromatic N) is 1. The molecule has 0 bridgehead atoms. The van der Waals surface area contributed by atoms with Crippen LogP contribution in [0, 0.1) is 5.82 Å². The maximum Gasteiger partial charge on any atom is 0.255 e. The summed E-state index contributed by atoms with van der Waals surface area (Å²) >= 11 is 0. The molecule has 4 aromatic rings. The molecule has 0 unspecified atom stereocenters. The molecular weight excluding hydrogens is 421 g/mol. The largest absolute Gasteiger partial charge is 0.497 e. The number of carbonyl (C=O) groups is 1. The number of methoxy groups -OCH3 is 1. The summed E-state index contributed by atoms with van der Waals surface area (Å²) in [4.78, 5) is 15.5. The Kier molecular flexibility index (Phi) is 4.47. The lowest BCUT2D eigenvalue weighted by atomic mass is 9.90. The van der Waals surface area contributed by atoms with Gasteiger partial charge in [-0.1, -0.05) is 24.3 Å². The number of halogens is 1. The quantitative estimate of drug-likeness (QED) is 0.417. The molecule has 0 fully saturated rings. The number of fused-ring (bicyclic) bond motifs is 3. The molecule has 0 aromatic heterocycles. The summed E-state index contributed by atoms with van der Waals surface area (Å²) in [5.74, 6) is 1.75. The summed E-state index contributed by atoms with van der Waals surface area (Å²) in [5, 5.41) is 1.83. The van der Waals surface area contributed by atoms with Crippen molar-refractivity contribution in [2.75, 3.05) is 13.9 Å². The first-order chi connectivity index (χ1) is 16.1. The van der Waals surface area contributed by atoms with Crippen molar-refractivity contribution in [2.45, 2.75) is 13.1 Å². The fraction of sp³-hybridized carbons (Fsp3) is 0.148. The highest BCUT2D eigenvalue weighted by Crippen LogP contribution is 2.44. The van der Waals surface area contributed by atoms with E-state index in [2.05, 4.69) is 0 Å². The number of rotatable bonds is 4. The molecule has 0 atom stereocenters. The van der Waals surface area contributed by atoms with Crippen molar-refractivity contribution in [1.82, 2.24) is 4.90 Å². The Morgan fingerprint density at radius 2 is 1.67 bits per heavy atom. The molecule has 164 valence electrons. The van der Waals surface area contributed by atoms with Crippen LogP contribution in [-0.2, 0) is 13.1 Å². The lowest BCUT2D eigenvalue weighted by Gasteiger charge is -2.16. The van der Waals surface area contributed by atoms with Gasteiger partial charge in [-0.3, -0.25) is 4.79 Å². The van der Waals surface area contributed by atoms with E-state index in [1.165, 1.54) is 12.1 Å². The first kappa shape index (κ1) is 19.6. The maximum atomic E-state index is 13.7. The third-order valence-electron chi connectivity index (χ3n) is 6.24. The number of hydrogen-bond acceptors (Lipinski definition) is 4. The molecule has 2 aliphatic rings. The van der Waals surface area contributed by atoms with E-state index < -0.39 is 0 Å². The van der Waals surface area contributed by atoms with Gasteiger partial charge in [0.2, 0.25) is 6.79 Å². The number of hydrogen-bond donors (Lipinski definition) is 0. The zero-order valence-electron chi connectivity index (χ0n) is 17.9. The van der Waals surface area contributed by atoms with Gasteiger partial charge in [0.05, 0.1) is 12.7 Å². The van der Waals surface area contributed by atoms with Crippen LogP contribution in [-0.4, -0.2) is 24.7 Å². The maximum absolute atomic E-state index is 13.7. The van der Waals surface area contributed by atoms with Gasteiger partial charge in [0, 0.05) is 18.7 Å².